The maximum Gasteiger partial charge on any atom is 0.305 e. The van der Waals surface area contributed by atoms with E-state index < -0.39 is 0 Å². The molecule has 234 valence electrons. The van der Waals surface area contributed by atoms with E-state index in [9.17, 15) is 9.59 Å². The number of thiazole rings is 1. The minimum absolute atomic E-state index is 0.0460. The van der Waals surface area contributed by atoms with Crippen LogP contribution in [0.1, 0.15) is 94.2 Å². The number of rotatable bonds is 8. The fraction of sp³-hybridized carbons (Fsp3) is 0.576. The number of carbonyl (C=O) groups excluding carboxylic acids is 2. The summed E-state index contributed by atoms with van der Waals surface area (Å²) in [7, 11) is 3.12. The summed E-state index contributed by atoms with van der Waals surface area (Å²) in [5.74, 6) is 0.951. The zero-order chi connectivity index (χ0) is 31.7. The van der Waals surface area contributed by atoms with E-state index in [0.29, 0.717) is 23.8 Å². The molecule has 0 saturated carbocycles. The van der Waals surface area contributed by atoms with Gasteiger partial charge < -0.3 is 14.4 Å². The molecule has 1 fully saturated rings. The Hall–Kier alpha value is -2.91. The number of benzene rings is 1. The lowest BCUT2D eigenvalue weighted by molar-refractivity contribution is -0.140. The number of methoxy groups -OCH3 is 2. The molecule has 10 heteroatoms. The SMILES string of the molecule is COC(=O)CCc1cc(C)n(CC(=O)N2CCC(c3nc(-c4cc(C(C)(C)C)c(OC)c(C(C)(C)C)c4)c(Cl)s3)CC2)n1. The molecular weight excluding hydrogens is 584 g/mol. The molecule has 43 heavy (non-hydrogen) atoms. The first-order valence-electron chi connectivity index (χ1n) is 14.9. The predicted molar refractivity (Wildman–Crippen MR) is 172 cm³/mol. The number of piperidine rings is 1. The first-order valence-corrected chi connectivity index (χ1v) is 16.1. The van der Waals surface area contributed by atoms with Crippen LogP contribution >= 0.6 is 22.9 Å². The van der Waals surface area contributed by atoms with Crippen LogP contribution in [0.4, 0.5) is 0 Å². The Labute approximate surface area is 264 Å². The number of hydrogen-bond donors (Lipinski definition) is 0. The van der Waals surface area contributed by atoms with Crippen LogP contribution in [0.15, 0.2) is 18.2 Å². The number of amides is 1. The largest absolute Gasteiger partial charge is 0.496 e. The summed E-state index contributed by atoms with van der Waals surface area (Å²) >= 11 is 8.41. The van der Waals surface area contributed by atoms with Crippen molar-refractivity contribution in [2.45, 2.75) is 97.4 Å². The van der Waals surface area contributed by atoms with E-state index in [-0.39, 0.29) is 41.6 Å². The Morgan fingerprint density at radius 2 is 1.63 bits per heavy atom. The van der Waals surface area contributed by atoms with E-state index in [1.165, 1.54) is 7.11 Å². The number of esters is 1. The van der Waals surface area contributed by atoms with Gasteiger partial charge in [-0.05, 0) is 48.8 Å². The summed E-state index contributed by atoms with van der Waals surface area (Å²) in [5.41, 5.74) is 5.54. The highest BCUT2D eigenvalue weighted by molar-refractivity contribution is 7.16. The minimum atomic E-state index is -0.270. The van der Waals surface area contributed by atoms with E-state index in [4.69, 9.17) is 26.1 Å². The highest BCUT2D eigenvalue weighted by Crippen LogP contribution is 2.45. The molecule has 3 heterocycles. The number of aryl methyl sites for hydroxylation is 2. The van der Waals surface area contributed by atoms with Gasteiger partial charge >= 0.3 is 5.97 Å². The molecule has 0 radical (unpaired) electrons. The molecule has 3 aromatic rings. The van der Waals surface area contributed by atoms with E-state index in [2.05, 4.69) is 58.8 Å². The number of ether oxygens (including phenoxy) is 2. The predicted octanol–water partition coefficient (Wildman–Crippen LogP) is 7.08. The maximum atomic E-state index is 13.2. The lowest BCUT2D eigenvalue weighted by atomic mass is 9.78. The maximum absolute atomic E-state index is 13.2. The zero-order valence-electron chi connectivity index (χ0n) is 27.0. The number of hydrogen-bond acceptors (Lipinski definition) is 7. The molecule has 1 amide bonds. The van der Waals surface area contributed by atoms with Crippen molar-refractivity contribution >= 4 is 34.8 Å². The molecule has 8 nitrogen and oxygen atoms in total. The molecule has 2 aromatic heterocycles. The summed E-state index contributed by atoms with van der Waals surface area (Å²) in [4.78, 5) is 31.6. The van der Waals surface area contributed by atoms with Gasteiger partial charge in [-0.15, -0.1) is 11.3 Å². The van der Waals surface area contributed by atoms with Gasteiger partial charge in [0.15, 0.2) is 0 Å². The van der Waals surface area contributed by atoms with Crippen LogP contribution in [0.5, 0.6) is 5.75 Å². The molecule has 0 bridgehead atoms. The van der Waals surface area contributed by atoms with Crippen molar-refractivity contribution in [1.82, 2.24) is 19.7 Å². The molecule has 1 aromatic carbocycles. The minimum Gasteiger partial charge on any atom is -0.496 e. The highest BCUT2D eigenvalue weighted by atomic mass is 35.5. The molecule has 1 saturated heterocycles. The number of nitrogens with zero attached hydrogens (tertiary/aromatic N) is 4. The van der Waals surface area contributed by atoms with Gasteiger partial charge in [0.1, 0.15) is 22.3 Å². The zero-order valence-corrected chi connectivity index (χ0v) is 28.5. The molecular formula is C33H45ClN4O4S. The van der Waals surface area contributed by atoms with Crippen molar-refractivity contribution in [3.8, 4) is 17.0 Å². The van der Waals surface area contributed by atoms with E-state index in [1.807, 2.05) is 17.9 Å². The van der Waals surface area contributed by atoms with Crippen molar-refractivity contribution in [2.75, 3.05) is 27.3 Å². The Kier molecular flexibility index (Phi) is 9.96. The van der Waals surface area contributed by atoms with Gasteiger partial charge in [0.25, 0.3) is 0 Å². The molecule has 0 aliphatic carbocycles. The Morgan fingerprint density at radius 3 is 2.16 bits per heavy atom. The standard InChI is InChI=1S/C33H45ClN4O4S/c1-20-16-23(10-11-27(40)41-8)36-38(20)19-26(39)37-14-12-21(13-15-37)31-35-28(30(34)43-31)22-17-24(32(2,3)4)29(42-9)25(18-22)33(5,6)7/h16-18,21H,10-15,19H2,1-9H3. The van der Waals surface area contributed by atoms with Crippen LogP contribution < -0.4 is 4.74 Å². The van der Waals surface area contributed by atoms with Crippen LogP contribution in [0.25, 0.3) is 11.3 Å². The van der Waals surface area contributed by atoms with Gasteiger partial charge in [-0.2, -0.15) is 5.10 Å². The Balaban J connectivity index is 1.47. The Morgan fingerprint density at radius 1 is 1.02 bits per heavy atom. The number of likely N-dealkylation sites (tertiary alicyclic amines) is 1. The van der Waals surface area contributed by atoms with Crippen molar-refractivity contribution in [1.29, 1.82) is 0 Å². The molecule has 1 aliphatic heterocycles. The molecule has 1 aliphatic rings. The van der Waals surface area contributed by atoms with Gasteiger partial charge in [0, 0.05) is 47.8 Å². The van der Waals surface area contributed by atoms with Gasteiger partial charge in [-0.25, -0.2) is 4.98 Å². The van der Waals surface area contributed by atoms with Gasteiger partial charge in [0.2, 0.25) is 5.91 Å². The number of aromatic nitrogens is 3. The first kappa shape index (κ1) is 33.0. The highest BCUT2D eigenvalue weighted by Gasteiger charge is 2.31. The lowest BCUT2D eigenvalue weighted by Gasteiger charge is -2.31. The summed E-state index contributed by atoms with van der Waals surface area (Å²) in [6.45, 7) is 16.6. The molecule has 4 rings (SSSR count). The number of halogens is 1. The fourth-order valence-electron chi connectivity index (χ4n) is 5.57. The van der Waals surface area contributed by atoms with Crippen LogP contribution in [0.2, 0.25) is 4.34 Å². The molecule has 0 spiro atoms. The van der Waals surface area contributed by atoms with E-state index >= 15 is 0 Å². The van der Waals surface area contributed by atoms with Crippen molar-refractivity contribution < 1.29 is 19.1 Å². The van der Waals surface area contributed by atoms with Crippen LogP contribution in [0, 0.1) is 6.92 Å². The van der Waals surface area contributed by atoms with Crippen molar-refractivity contribution in [2.24, 2.45) is 0 Å². The van der Waals surface area contributed by atoms with Crippen LogP contribution in [-0.2, 0) is 38.1 Å². The van der Waals surface area contributed by atoms with Gasteiger partial charge in [-0.3, -0.25) is 14.3 Å². The molecule has 0 atom stereocenters. The topological polar surface area (TPSA) is 86.6 Å². The molecule has 0 unspecified atom stereocenters. The first-order chi connectivity index (χ1) is 20.1. The lowest BCUT2D eigenvalue weighted by Crippen LogP contribution is -2.40. The monoisotopic (exact) mass is 628 g/mol. The third-order valence-corrected chi connectivity index (χ3v) is 9.53. The van der Waals surface area contributed by atoms with E-state index in [1.54, 1.807) is 23.1 Å². The van der Waals surface area contributed by atoms with Crippen molar-refractivity contribution in [3.05, 3.63) is 50.1 Å². The fourth-order valence-corrected chi connectivity index (χ4v) is 6.94. The second kappa shape index (κ2) is 13.0. The van der Waals surface area contributed by atoms with Crippen molar-refractivity contribution in [3.63, 3.8) is 0 Å². The third-order valence-electron chi connectivity index (χ3n) is 8.11. The third kappa shape index (κ3) is 7.60. The molecule has 0 N–H and O–H groups in total. The second-order valence-corrected chi connectivity index (χ2v) is 15.1. The average Bonchev–Trinajstić information content (AvgIpc) is 3.51. The second-order valence-electron chi connectivity index (χ2n) is 13.4. The summed E-state index contributed by atoms with van der Waals surface area (Å²) < 4.78 is 13.1. The summed E-state index contributed by atoms with van der Waals surface area (Å²) in [5, 5.41) is 5.56. The average molecular weight is 629 g/mol. The summed E-state index contributed by atoms with van der Waals surface area (Å²) in [6.07, 6.45) is 2.43. The van der Waals surface area contributed by atoms with Crippen LogP contribution in [0.3, 0.4) is 0 Å². The van der Waals surface area contributed by atoms with Gasteiger partial charge in [-0.1, -0.05) is 53.1 Å². The Bertz CT molecular complexity index is 1440. The summed E-state index contributed by atoms with van der Waals surface area (Å²) in [6, 6.07) is 6.28. The number of carbonyl (C=O) groups is 2. The van der Waals surface area contributed by atoms with E-state index in [0.717, 1.165) is 57.4 Å². The normalized spacial score (nSPS) is 14.7. The van der Waals surface area contributed by atoms with Gasteiger partial charge in [0.05, 0.1) is 31.3 Å². The smallest absolute Gasteiger partial charge is 0.305 e. The van der Waals surface area contributed by atoms with Crippen LogP contribution in [-0.4, -0.2) is 58.8 Å². The quantitative estimate of drug-likeness (QED) is 0.248.